The van der Waals surface area contributed by atoms with Crippen LogP contribution in [-0.4, -0.2) is 38.6 Å². The quantitative estimate of drug-likeness (QED) is 0.236. The van der Waals surface area contributed by atoms with Gasteiger partial charge in [-0.25, -0.2) is 0 Å². The number of carbonyl (C=O) groups is 3. The molecule has 3 N–H and O–H groups in total. The van der Waals surface area contributed by atoms with Gasteiger partial charge in [0, 0.05) is 13.0 Å². The van der Waals surface area contributed by atoms with Crippen molar-refractivity contribution in [1.29, 1.82) is 0 Å². The van der Waals surface area contributed by atoms with Crippen molar-refractivity contribution >= 4 is 52.1 Å². The average molecular weight is 470 g/mol. The van der Waals surface area contributed by atoms with Crippen molar-refractivity contribution in [3.63, 3.8) is 0 Å². The lowest BCUT2D eigenvalue weighted by Crippen LogP contribution is -2.41. The van der Waals surface area contributed by atoms with Crippen molar-refractivity contribution in [2.75, 3.05) is 6.54 Å². The van der Waals surface area contributed by atoms with Gasteiger partial charge in [0.1, 0.15) is 10.1 Å². The molecular formula is C23H23N3O4S2. The van der Waals surface area contributed by atoms with Crippen molar-refractivity contribution in [3.8, 4) is 5.75 Å². The van der Waals surface area contributed by atoms with Gasteiger partial charge in [0.2, 0.25) is 5.91 Å². The minimum Gasteiger partial charge on any atom is -0.507 e. The second kappa shape index (κ2) is 11.4. The maximum Gasteiger partial charge on any atom is 0.273 e. The van der Waals surface area contributed by atoms with Crippen molar-refractivity contribution < 1.29 is 19.5 Å². The third kappa shape index (κ3) is 6.41. The minimum absolute atomic E-state index is 0.0811. The fraction of sp³-hybridized carbons (Fsp3) is 0.217. The van der Waals surface area contributed by atoms with Crippen LogP contribution in [0.25, 0.3) is 6.08 Å². The molecule has 3 rings (SSSR count). The largest absolute Gasteiger partial charge is 0.507 e. The molecule has 0 aromatic heterocycles. The summed E-state index contributed by atoms with van der Waals surface area (Å²) in [4.78, 5) is 38.7. The van der Waals surface area contributed by atoms with Gasteiger partial charge in [0.15, 0.2) is 0 Å². The first kappa shape index (κ1) is 23.5. The Morgan fingerprint density at radius 2 is 1.72 bits per heavy atom. The molecule has 1 heterocycles. The number of rotatable bonds is 8. The summed E-state index contributed by atoms with van der Waals surface area (Å²) < 4.78 is 0.543. The van der Waals surface area contributed by atoms with Crippen LogP contribution in [-0.2, 0) is 9.59 Å². The number of hydrogen-bond acceptors (Lipinski definition) is 6. The summed E-state index contributed by atoms with van der Waals surface area (Å²) in [6.07, 6.45) is 4.12. The van der Waals surface area contributed by atoms with Crippen LogP contribution in [0.2, 0.25) is 0 Å². The molecule has 0 atom stereocenters. The number of phenolic OH excluding ortho intramolecular Hbond substituents is 1. The summed E-state index contributed by atoms with van der Waals surface area (Å²) in [5.41, 5.74) is 5.66. The number of para-hydroxylation sites is 1. The van der Waals surface area contributed by atoms with E-state index >= 15 is 0 Å². The van der Waals surface area contributed by atoms with Crippen LogP contribution in [0.4, 0.5) is 0 Å². The van der Waals surface area contributed by atoms with Gasteiger partial charge >= 0.3 is 0 Å². The van der Waals surface area contributed by atoms with E-state index in [1.54, 1.807) is 17.0 Å². The summed E-state index contributed by atoms with van der Waals surface area (Å²) in [5.74, 6) is -1.17. The van der Waals surface area contributed by atoms with Crippen molar-refractivity contribution in [2.24, 2.45) is 0 Å². The number of phenols is 1. The molecule has 1 saturated heterocycles. The standard InChI is InChI=1S/C23H23N3O4S2/c27-18-12-7-6-11-17(18)21(29)25-24-20(28)13-5-2-8-14-26-22(30)19(32-23(26)31)15-16-9-3-1-4-10-16/h1,3-4,6-7,9-12,15,27H,2,5,8,13-14H2,(H,24,28)(H,25,29)/b19-15-. The van der Waals surface area contributed by atoms with Gasteiger partial charge in [-0.05, 0) is 36.6 Å². The highest BCUT2D eigenvalue weighted by molar-refractivity contribution is 8.26. The van der Waals surface area contributed by atoms with Crippen LogP contribution in [0.5, 0.6) is 5.75 Å². The molecule has 1 aliphatic heterocycles. The van der Waals surface area contributed by atoms with E-state index in [9.17, 15) is 19.5 Å². The zero-order valence-electron chi connectivity index (χ0n) is 17.2. The lowest BCUT2D eigenvalue weighted by molar-refractivity contribution is -0.123. The summed E-state index contributed by atoms with van der Waals surface area (Å²) in [6, 6.07) is 15.7. The number of hydrogen-bond donors (Lipinski definition) is 3. The first-order valence-corrected chi connectivity index (χ1v) is 11.4. The first-order chi connectivity index (χ1) is 15.5. The molecule has 32 heavy (non-hydrogen) atoms. The number of thiocarbonyl (C=S) groups is 1. The van der Waals surface area contributed by atoms with Crippen LogP contribution in [0.15, 0.2) is 59.5 Å². The number of thioether (sulfide) groups is 1. The van der Waals surface area contributed by atoms with E-state index in [1.807, 2.05) is 36.4 Å². The Balaban J connectivity index is 1.35. The van der Waals surface area contributed by atoms with Gasteiger partial charge in [-0.3, -0.25) is 30.1 Å². The lowest BCUT2D eigenvalue weighted by atomic mass is 10.2. The number of amides is 3. The van der Waals surface area contributed by atoms with E-state index in [2.05, 4.69) is 10.9 Å². The Labute approximate surface area is 195 Å². The van der Waals surface area contributed by atoms with Crippen LogP contribution in [0, 0.1) is 0 Å². The van der Waals surface area contributed by atoms with Gasteiger partial charge in [-0.2, -0.15) is 0 Å². The molecule has 0 radical (unpaired) electrons. The zero-order valence-corrected chi connectivity index (χ0v) is 18.9. The second-order valence-electron chi connectivity index (χ2n) is 7.07. The van der Waals surface area contributed by atoms with Gasteiger partial charge in [-0.15, -0.1) is 0 Å². The molecule has 3 amide bonds. The monoisotopic (exact) mass is 469 g/mol. The molecular weight excluding hydrogens is 446 g/mol. The van der Waals surface area contributed by atoms with Gasteiger partial charge in [-0.1, -0.05) is 72.9 Å². The molecule has 0 spiro atoms. The van der Waals surface area contributed by atoms with Gasteiger partial charge in [0.25, 0.3) is 11.8 Å². The normalized spacial score (nSPS) is 14.6. The third-order valence-corrected chi connectivity index (χ3v) is 6.10. The van der Waals surface area contributed by atoms with Crippen molar-refractivity contribution in [1.82, 2.24) is 15.8 Å². The van der Waals surface area contributed by atoms with Crippen LogP contribution < -0.4 is 10.9 Å². The van der Waals surface area contributed by atoms with E-state index < -0.39 is 5.91 Å². The fourth-order valence-corrected chi connectivity index (χ4v) is 4.36. The maximum atomic E-state index is 12.6. The number of hydrazine groups is 1. The molecule has 0 unspecified atom stereocenters. The Hall–Kier alpha value is -3.17. The molecule has 1 fully saturated rings. The summed E-state index contributed by atoms with van der Waals surface area (Å²) >= 11 is 6.64. The lowest BCUT2D eigenvalue weighted by Gasteiger charge is -2.14. The molecule has 166 valence electrons. The van der Waals surface area contributed by atoms with Crippen molar-refractivity contribution in [3.05, 3.63) is 70.6 Å². The molecule has 2 aromatic rings. The maximum absolute atomic E-state index is 12.6. The third-order valence-electron chi connectivity index (χ3n) is 4.72. The predicted octanol–water partition coefficient (Wildman–Crippen LogP) is 3.62. The number of aromatic hydroxyl groups is 1. The highest BCUT2D eigenvalue weighted by Gasteiger charge is 2.31. The van der Waals surface area contributed by atoms with Crippen LogP contribution >= 0.6 is 24.0 Å². The number of benzene rings is 2. The number of unbranched alkanes of at least 4 members (excludes halogenated alkanes) is 2. The minimum atomic E-state index is -0.589. The number of carbonyl (C=O) groups excluding carboxylic acids is 3. The van der Waals surface area contributed by atoms with E-state index in [-0.39, 0.29) is 29.5 Å². The molecule has 0 bridgehead atoms. The first-order valence-electron chi connectivity index (χ1n) is 10.1. The average Bonchev–Trinajstić information content (AvgIpc) is 3.05. The van der Waals surface area contributed by atoms with Gasteiger partial charge in [0.05, 0.1) is 10.5 Å². The molecule has 0 saturated carbocycles. The van der Waals surface area contributed by atoms with E-state index in [0.29, 0.717) is 28.6 Å². The topological polar surface area (TPSA) is 98.7 Å². The molecule has 9 heteroatoms. The smallest absolute Gasteiger partial charge is 0.273 e. The van der Waals surface area contributed by atoms with E-state index in [1.165, 1.54) is 23.9 Å². The SMILES string of the molecule is O=C(CCCCCN1C(=O)/C(=C/c2ccccc2)SC1=S)NNC(=O)c1ccccc1O. The second-order valence-corrected chi connectivity index (χ2v) is 8.75. The van der Waals surface area contributed by atoms with E-state index in [4.69, 9.17) is 12.2 Å². The molecule has 2 aromatic carbocycles. The highest BCUT2D eigenvalue weighted by Crippen LogP contribution is 2.32. The van der Waals surface area contributed by atoms with E-state index in [0.717, 1.165) is 12.0 Å². The molecule has 7 nitrogen and oxygen atoms in total. The number of nitrogens with one attached hydrogen (secondary N) is 2. The van der Waals surface area contributed by atoms with Crippen LogP contribution in [0.3, 0.4) is 0 Å². The number of nitrogens with zero attached hydrogens (tertiary/aromatic N) is 1. The Morgan fingerprint density at radius 3 is 2.47 bits per heavy atom. The van der Waals surface area contributed by atoms with Crippen molar-refractivity contribution in [2.45, 2.75) is 25.7 Å². The summed E-state index contributed by atoms with van der Waals surface area (Å²) in [6.45, 7) is 0.502. The Morgan fingerprint density at radius 1 is 1.00 bits per heavy atom. The summed E-state index contributed by atoms with van der Waals surface area (Å²) in [5, 5.41) is 9.65. The highest BCUT2D eigenvalue weighted by atomic mass is 32.2. The van der Waals surface area contributed by atoms with Crippen LogP contribution in [0.1, 0.15) is 41.6 Å². The fourth-order valence-electron chi connectivity index (χ4n) is 3.05. The Kier molecular flexibility index (Phi) is 8.41. The molecule has 0 aliphatic carbocycles. The van der Waals surface area contributed by atoms with Gasteiger partial charge < -0.3 is 5.11 Å². The molecule has 1 aliphatic rings. The zero-order chi connectivity index (χ0) is 22.9. The summed E-state index contributed by atoms with van der Waals surface area (Å²) in [7, 11) is 0. The predicted molar refractivity (Wildman–Crippen MR) is 129 cm³/mol. The Bertz CT molecular complexity index is 1040.